The molecule has 1 amide bonds. The molecule has 1 aromatic heterocycles. The van der Waals surface area contributed by atoms with E-state index in [0.717, 1.165) is 24.2 Å². The number of carbonyl (C=O) groups is 1. The van der Waals surface area contributed by atoms with E-state index in [4.69, 9.17) is 13.9 Å². The monoisotopic (exact) mass is 344 g/mol. The summed E-state index contributed by atoms with van der Waals surface area (Å²) in [6.07, 6.45) is 1.77. The molecule has 3 rings (SSSR count). The minimum atomic E-state index is -0.0821. The largest absolute Gasteiger partial charge is 0.496 e. The first kappa shape index (κ1) is 17.5. The lowest BCUT2D eigenvalue weighted by atomic mass is 10.1. The summed E-state index contributed by atoms with van der Waals surface area (Å²) in [7, 11) is 1.66. The van der Waals surface area contributed by atoms with Gasteiger partial charge in [0.15, 0.2) is 5.89 Å². The number of rotatable bonds is 5. The van der Waals surface area contributed by atoms with Gasteiger partial charge in [-0.1, -0.05) is 18.2 Å². The molecule has 0 radical (unpaired) electrons. The quantitative estimate of drug-likeness (QED) is 0.834. The van der Waals surface area contributed by atoms with E-state index in [-0.39, 0.29) is 12.0 Å². The van der Waals surface area contributed by atoms with Gasteiger partial charge in [-0.3, -0.25) is 4.79 Å². The Bertz CT molecular complexity index is 733. The van der Waals surface area contributed by atoms with Gasteiger partial charge in [-0.25, -0.2) is 4.98 Å². The van der Waals surface area contributed by atoms with Crippen molar-refractivity contribution in [1.29, 1.82) is 0 Å². The van der Waals surface area contributed by atoms with Crippen molar-refractivity contribution in [3.63, 3.8) is 0 Å². The molecule has 1 fully saturated rings. The minimum Gasteiger partial charge on any atom is -0.496 e. The zero-order valence-electron chi connectivity index (χ0n) is 14.9. The predicted octanol–water partition coefficient (Wildman–Crippen LogP) is 3.12. The van der Waals surface area contributed by atoms with E-state index in [9.17, 15) is 4.79 Å². The van der Waals surface area contributed by atoms with Crippen LogP contribution in [0.5, 0.6) is 5.75 Å². The van der Waals surface area contributed by atoms with Crippen molar-refractivity contribution in [2.75, 3.05) is 20.2 Å². The number of likely N-dealkylation sites (tertiary alicyclic amines) is 1. The predicted molar refractivity (Wildman–Crippen MR) is 92.7 cm³/mol. The lowest BCUT2D eigenvalue weighted by molar-refractivity contribution is -0.00165. The maximum Gasteiger partial charge on any atom is 0.291 e. The van der Waals surface area contributed by atoms with Crippen LogP contribution in [0.4, 0.5) is 0 Å². The van der Waals surface area contributed by atoms with Gasteiger partial charge in [0.05, 0.1) is 25.5 Å². The summed E-state index contributed by atoms with van der Waals surface area (Å²) in [6, 6.07) is 7.86. The fourth-order valence-corrected chi connectivity index (χ4v) is 3.13. The van der Waals surface area contributed by atoms with Crippen LogP contribution in [0.2, 0.25) is 0 Å². The molecule has 0 saturated carbocycles. The molecule has 1 aromatic carbocycles. The van der Waals surface area contributed by atoms with Crippen LogP contribution in [0.3, 0.4) is 0 Å². The molecule has 0 bridgehead atoms. The molecule has 1 aliphatic heterocycles. The molecule has 0 aliphatic carbocycles. The lowest BCUT2D eigenvalue weighted by Gasteiger charge is -2.31. The highest BCUT2D eigenvalue weighted by atomic mass is 16.5. The topological polar surface area (TPSA) is 64.8 Å². The summed E-state index contributed by atoms with van der Waals surface area (Å²) in [4.78, 5) is 18.5. The molecule has 1 aliphatic rings. The van der Waals surface area contributed by atoms with Crippen LogP contribution in [-0.2, 0) is 11.3 Å². The Morgan fingerprint density at radius 3 is 2.64 bits per heavy atom. The van der Waals surface area contributed by atoms with E-state index in [1.165, 1.54) is 0 Å². The Morgan fingerprint density at radius 2 is 2.00 bits per heavy atom. The van der Waals surface area contributed by atoms with Gasteiger partial charge in [-0.05, 0) is 25.8 Å². The number of aromatic nitrogens is 1. The number of oxazole rings is 1. The SMILES string of the molecule is COc1ccccc1COC1CCN(C(=O)c2oc(C)nc2C)CC1. The highest BCUT2D eigenvalue weighted by molar-refractivity contribution is 5.92. The van der Waals surface area contributed by atoms with Crippen molar-refractivity contribution in [1.82, 2.24) is 9.88 Å². The second kappa shape index (κ2) is 7.70. The smallest absolute Gasteiger partial charge is 0.291 e. The van der Waals surface area contributed by atoms with Gasteiger partial charge in [0.2, 0.25) is 5.76 Å². The number of benzene rings is 1. The molecule has 134 valence electrons. The number of ether oxygens (including phenoxy) is 2. The van der Waals surface area contributed by atoms with Gasteiger partial charge in [0.1, 0.15) is 5.75 Å². The molecule has 2 aromatic rings. The number of aryl methyl sites for hydroxylation is 2. The summed E-state index contributed by atoms with van der Waals surface area (Å²) < 4.78 is 16.8. The minimum absolute atomic E-state index is 0.0821. The number of hydrogen-bond donors (Lipinski definition) is 0. The van der Waals surface area contributed by atoms with Crippen molar-refractivity contribution in [3.8, 4) is 5.75 Å². The van der Waals surface area contributed by atoms with Gasteiger partial charge in [-0.2, -0.15) is 0 Å². The zero-order valence-corrected chi connectivity index (χ0v) is 14.9. The van der Waals surface area contributed by atoms with Gasteiger partial charge < -0.3 is 18.8 Å². The first-order valence-electron chi connectivity index (χ1n) is 8.55. The first-order valence-corrected chi connectivity index (χ1v) is 8.55. The zero-order chi connectivity index (χ0) is 17.8. The number of methoxy groups -OCH3 is 1. The van der Waals surface area contributed by atoms with Crippen molar-refractivity contribution in [2.24, 2.45) is 0 Å². The molecule has 0 N–H and O–H groups in total. The Morgan fingerprint density at radius 1 is 1.28 bits per heavy atom. The molecule has 1 saturated heterocycles. The van der Waals surface area contributed by atoms with Crippen LogP contribution in [0.25, 0.3) is 0 Å². The normalized spacial score (nSPS) is 15.4. The molecular formula is C19H24N2O4. The van der Waals surface area contributed by atoms with E-state index >= 15 is 0 Å². The molecule has 0 spiro atoms. The number of para-hydroxylation sites is 1. The Balaban J connectivity index is 1.52. The average Bonchev–Trinajstić information content (AvgIpc) is 2.98. The maximum atomic E-state index is 12.5. The van der Waals surface area contributed by atoms with Crippen molar-refractivity contribution < 1.29 is 18.7 Å². The summed E-state index contributed by atoms with van der Waals surface area (Å²) in [5.41, 5.74) is 1.69. The van der Waals surface area contributed by atoms with Crippen LogP contribution in [0.1, 0.15) is 40.5 Å². The Kier molecular flexibility index (Phi) is 5.38. The van der Waals surface area contributed by atoms with Gasteiger partial charge in [0.25, 0.3) is 5.91 Å². The summed E-state index contributed by atoms with van der Waals surface area (Å²) >= 11 is 0. The first-order chi connectivity index (χ1) is 12.1. The second-order valence-electron chi connectivity index (χ2n) is 6.26. The highest BCUT2D eigenvalue weighted by Crippen LogP contribution is 2.22. The second-order valence-corrected chi connectivity index (χ2v) is 6.26. The van der Waals surface area contributed by atoms with Crippen molar-refractivity contribution >= 4 is 5.91 Å². The number of nitrogens with zero attached hydrogens (tertiary/aromatic N) is 2. The number of hydrogen-bond acceptors (Lipinski definition) is 5. The molecular weight excluding hydrogens is 320 g/mol. The van der Waals surface area contributed by atoms with Crippen LogP contribution in [0, 0.1) is 13.8 Å². The molecule has 0 unspecified atom stereocenters. The third-order valence-corrected chi connectivity index (χ3v) is 4.49. The van der Waals surface area contributed by atoms with E-state index in [0.29, 0.717) is 37.0 Å². The molecule has 25 heavy (non-hydrogen) atoms. The number of amides is 1. The lowest BCUT2D eigenvalue weighted by Crippen LogP contribution is -2.41. The number of piperidine rings is 1. The third kappa shape index (κ3) is 4.02. The number of carbonyl (C=O) groups excluding carboxylic acids is 1. The van der Waals surface area contributed by atoms with Crippen LogP contribution in [0.15, 0.2) is 28.7 Å². The maximum absolute atomic E-state index is 12.5. The summed E-state index contributed by atoms with van der Waals surface area (Å²) in [5.74, 6) is 1.63. The average molecular weight is 344 g/mol. The van der Waals surface area contributed by atoms with E-state index in [1.807, 2.05) is 29.2 Å². The molecule has 0 atom stereocenters. The fraction of sp³-hybridized carbons (Fsp3) is 0.474. The molecule has 6 nitrogen and oxygen atoms in total. The van der Waals surface area contributed by atoms with Crippen molar-refractivity contribution in [2.45, 2.75) is 39.4 Å². The third-order valence-electron chi connectivity index (χ3n) is 4.49. The Hall–Kier alpha value is -2.34. The van der Waals surface area contributed by atoms with Crippen molar-refractivity contribution in [3.05, 3.63) is 47.2 Å². The molecule has 6 heteroatoms. The van der Waals surface area contributed by atoms with Crippen LogP contribution < -0.4 is 4.74 Å². The van der Waals surface area contributed by atoms with E-state index in [2.05, 4.69) is 4.98 Å². The fourth-order valence-electron chi connectivity index (χ4n) is 3.13. The standard InChI is InChI=1S/C19H24N2O4/c1-13-18(25-14(2)20-13)19(22)21-10-8-16(9-11-21)24-12-15-6-4-5-7-17(15)23-3/h4-7,16H,8-12H2,1-3H3. The van der Waals surface area contributed by atoms with Crippen LogP contribution in [-0.4, -0.2) is 42.1 Å². The van der Waals surface area contributed by atoms with Gasteiger partial charge in [-0.15, -0.1) is 0 Å². The van der Waals surface area contributed by atoms with E-state index < -0.39 is 0 Å². The molecule has 2 heterocycles. The van der Waals surface area contributed by atoms with Gasteiger partial charge in [0, 0.05) is 25.6 Å². The summed E-state index contributed by atoms with van der Waals surface area (Å²) in [5, 5.41) is 0. The summed E-state index contributed by atoms with van der Waals surface area (Å²) in [6.45, 7) is 5.39. The highest BCUT2D eigenvalue weighted by Gasteiger charge is 2.27. The Labute approximate surface area is 147 Å². The van der Waals surface area contributed by atoms with E-state index in [1.54, 1.807) is 21.0 Å². The van der Waals surface area contributed by atoms with Gasteiger partial charge >= 0.3 is 0 Å². The van der Waals surface area contributed by atoms with Crippen LogP contribution >= 0.6 is 0 Å².